The summed E-state index contributed by atoms with van der Waals surface area (Å²) in [5.74, 6) is -0.0305. The Bertz CT molecular complexity index is 398. The first-order chi connectivity index (χ1) is 9.73. The summed E-state index contributed by atoms with van der Waals surface area (Å²) in [7, 11) is 1.49. The van der Waals surface area contributed by atoms with Gasteiger partial charge in [-0.2, -0.15) is 0 Å². The second kappa shape index (κ2) is 7.70. The van der Waals surface area contributed by atoms with Gasteiger partial charge in [0.25, 0.3) is 0 Å². The monoisotopic (exact) mass is 316 g/mol. The van der Waals surface area contributed by atoms with E-state index in [1.165, 1.54) is 7.11 Å². The molecule has 0 radical (unpaired) electrons. The number of nitrogens with zero attached hydrogens (tertiary/aromatic N) is 2. The average molecular weight is 316 g/mol. The number of rotatable bonds is 4. The van der Waals surface area contributed by atoms with Crippen LogP contribution < -0.4 is 0 Å². The second-order valence-corrected chi connectivity index (χ2v) is 6.47. The zero-order valence-electron chi connectivity index (χ0n) is 13.2. The maximum absolute atomic E-state index is 11.9. The minimum Gasteiger partial charge on any atom is -0.444 e. The van der Waals surface area contributed by atoms with E-state index < -0.39 is 5.60 Å². The second-order valence-electron chi connectivity index (χ2n) is 6.00. The quantitative estimate of drug-likeness (QED) is 0.732. The van der Waals surface area contributed by atoms with E-state index in [-0.39, 0.29) is 24.9 Å². The lowest BCUT2D eigenvalue weighted by Gasteiger charge is -2.36. The van der Waals surface area contributed by atoms with E-state index in [1.54, 1.807) is 4.90 Å². The van der Waals surface area contributed by atoms with Gasteiger partial charge in [-0.15, -0.1) is 0 Å². The average Bonchev–Trinajstić information content (AvgIpc) is 2.37. The fraction of sp³-hybridized carbons (Fsp3) is 0.786. The molecule has 0 bridgehead atoms. The van der Waals surface area contributed by atoms with E-state index in [4.69, 9.17) is 21.7 Å². The van der Waals surface area contributed by atoms with Crippen molar-refractivity contribution in [2.75, 3.05) is 39.9 Å². The Kier molecular flexibility index (Phi) is 6.54. The van der Waals surface area contributed by atoms with Crippen molar-refractivity contribution < 1.29 is 19.1 Å². The van der Waals surface area contributed by atoms with Crippen LogP contribution in [0.2, 0.25) is 0 Å². The number of methoxy groups -OCH3 is 1. The standard InChI is InChI=1S/C14H24N2O4S/c1-14(2,3)20-13(18)16-7-5-15(6-8-16)12(21)9-11(17)10-19-4/h5-10H2,1-4H3. The van der Waals surface area contributed by atoms with E-state index in [0.29, 0.717) is 31.2 Å². The highest BCUT2D eigenvalue weighted by Crippen LogP contribution is 2.12. The normalized spacial score (nSPS) is 15.8. The summed E-state index contributed by atoms with van der Waals surface area (Å²) in [6, 6.07) is 0. The van der Waals surface area contributed by atoms with Gasteiger partial charge < -0.3 is 19.3 Å². The Morgan fingerprint density at radius 3 is 2.10 bits per heavy atom. The molecule has 7 heteroatoms. The Morgan fingerprint density at radius 2 is 1.62 bits per heavy atom. The summed E-state index contributed by atoms with van der Waals surface area (Å²) in [5.41, 5.74) is -0.490. The SMILES string of the molecule is COCC(=O)CC(=S)N1CCN(C(=O)OC(C)(C)C)CC1. The van der Waals surface area contributed by atoms with Crippen LogP contribution in [0.4, 0.5) is 4.79 Å². The van der Waals surface area contributed by atoms with Gasteiger partial charge >= 0.3 is 6.09 Å². The number of carbonyl (C=O) groups is 2. The molecule has 21 heavy (non-hydrogen) atoms. The molecule has 1 rings (SSSR count). The van der Waals surface area contributed by atoms with Crippen LogP contribution >= 0.6 is 12.2 Å². The summed E-state index contributed by atoms with van der Waals surface area (Å²) in [4.78, 5) is 27.7. The lowest BCUT2D eigenvalue weighted by atomic mass is 10.2. The van der Waals surface area contributed by atoms with Gasteiger partial charge in [-0.3, -0.25) is 4.79 Å². The molecule has 1 fully saturated rings. The molecule has 1 saturated heterocycles. The number of amides is 1. The predicted octanol–water partition coefficient (Wildman–Crippen LogP) is 1.47. The molecule has 0 unspecified atom stereocenters. The van der Waals surface area contributed by atoms with E-state index in [1.807, 2.05) is 25.7 Å². The lowest BCUT2D eigenvalue weighted by Crippen LogP contribution is -2.51. The molecule has 1 amide bonds. The molecule has 1 aliphatic heterocycles. The zero-order valence-corrected chi connectivity index (χ0v) is 14.0. The number of piperazine rings is 1. The van der Waals surface area contributed by atoms with Crippen molar-refractivity contribution in [2.24, 2.45) is 0 Å². The highest BCUT2D eigenvalue weighted by atomic mass is 32.1. The van der Waals surface area contributed by atoms with Crippen molar-refractivity contribution in [2.45, 2.75) is 32.8 Å². The number of carbonyl (C=O) groups excluding carboxylic acids is 2. The topological polar surface area (TPSA) is 59.1 Å². The maximum Gasteiger partial charge on any atom is 0.410 e. The van der Waals surface area contributed by atoms with Crippen molar-refractivity contribution in [1.82, 2.24) is 9.80 Å². The van der Waals surface area contributed by atoms with E-state index in [0.717, 1.165) is 0 Å². The molecule has 0 aliphatic carbocycles. The summed E-state index contributed by atoms with van der Waals surface area (Å²) in [6.45, 7) is 7.96. The minimum atomic E-state index is -0.490. The first kappa shape index (κ1) is 17.8. The van der Waals surface area contributed by atoms with Gasteiger partial charge in [0.15, 0.2) is 5.78 Å². The first-order valence-electron chi connectivity index (χ1n) is 6.99. The summed E-state index contributed by atoms with van der Waals surface area (Å²) < 4.78 is 10.1. The Morgan fingerprint density at radius 1 is 1.10 bits per heavy atom. The zero-order chi connectivity index (χ0) is 16.0. The molecule has 0 aromatic rings. The Balaban J connectivity index is 2.40. The molecule has 1 heterocycles. The highest BCUT2D eigenvalue weighted by molar-refractivity contribution is 7.80. The van der Waals surface area contributed by atoms with Crippen molar-refractivity contribution in [3.05, 3.63) is 0 Å². The van der Waals surface area contributed by atoms with Gasteiger partial charge in [-0.1, -0.05) is 12.2 Å². The largest absolute Gasteiger partial charge is 0.444 e. The molecular formula is C14H24N2O4S. The first-order valence-corrected chi connectivity index (χ1v) is 7.40. The molecule has 6 nitrogen and oxygen atoms in total. The van der Waals surface area contributed by atoms with E-state index in [2.05, 4.69) is 0 Å². The third-order valence-corrected chi connectivity index (χ3v) is 3.34. The van der Waals surface area contributed by atoms with Crippen molar-refractivity contribution in [1.29, 1.82) is 0 Å². The molecule has 0 aromatic heterocycles. The van der Waals surface area contributed by atoms with Crippen LogP contribution in [-0.2, 0) is 14.3 Å². The maximum atomic E-state index is 11.9. The minimum absolute atomic E-state index is 0.0305. The van der Waals surface area contributed by atoms with Crippen molar-refractivity contribution in [3.8, 4) is 0 Å². The number of ketones is 1. The third kappa shape index (κ3) is 6.39. The van der Waals surface area contributed by atoms with Crippen LogP contribution in [0, 0.1) is 0 Å². The van der Waals surface area contributed by atoms with Crippen LogP contribution in [-0.4, -0.2) is 72.2 Å². The molecule has 0 saturated carbocycles. The van der Waals surface area contributed by atoms with Gasteiger partial charge in [0.1, 0.15) is 12.2 Å². The third-order valence-electron chi connectivity index (χ3n) is 2.94. The smallest absolute Gasteiger partial charge is 0.410 e. The summed E-state index contributed by atoms with van der Waals surface area (Å²) in [6.07, 6.45) is -0.0844. The van der Waals surface area contributed by atoms with Crippen molar-refractivity contribution in [3.63, 3.8) is 0 Å². The van der Waals surface area contributed by atoms with Crippen LogP contribution in [0.25, 0.3) is 0 Å². The molecule has 1 aliphatic rings. The van der Waals surface area contributed by atoms with Gasteiger partial charge in [0, 0.05) is 33.3 Å². The van der Waals surface area contributed by atoms with Crippen LogP contribution in [0.1, 0.15) is 27.2 Å². The van der Waals surface area contributed by atoms with Crippen LogP contribution in [0.5, 0.6) is 0 Å². The highest BCUT2D eigenvalue weighted by Gasteiger charge is 2.26. The van der Waals surface area contributed by atoms with Crippen LogP contribution in [0.3, 0.4) is 0 Å². The molecule has 120 valence electrons. The van der Waals surface area contributed by atoms with Gasteiger partial charge in [0.05, 0.1) is 11.4 Å². The molecular weight excluding hydrogens is 292 g/mol. The van der Waals surface area contributed by atoms with Crippen LogP contribution in [0.15, 0.2) is 0 Å². The van der Waals surface area contributed by atoms with E-state index >= 15 is 0 Å². The lowest BCUT2D eigenvalue weighted by molar-refractivity contribution is -0.121. The molecule has 0 atom stereocenters. The van der Waals surface area contributed by atoms with Gasteiger partial charge in [-0.05, 0) is 20.8 Å². The number of hydrogen-bond donors (Lipinski definition) is 0. The predicted molar refractivity (Wildman–Crippen MR) is 83.5 cm³/mol. The Labute approximate surface area is 131 Å². The Hall–Kier alpha value is -1.21. The fourth-order valence-electron chi connectivity index (χ4n) is 1.96. The van der Waals surface area contributed by atoms with E-state index in [9.17, 15) is 9.59 Å². The molecule has 0 N–H and O–H groups in total. The van der Waals surface area contributed by atoms with Gasteiger partial charge in [0.2, 0.25) is 0 Å². The summed E-state index contributed by atoms with van der Waals surface area (Å²) >= 11 is 5.27. The number of ether oxygens (including phenoxy) is 2. The summed E-state index contributed by atoms with van der Waals surface area (Å²) in [5, 5.41) is 0. The number of thiocarbonyl (C=S) groups is 1. The number of Topliss-reactive ketones (excluding diaryl/α,β-unsaturated/α-hetero) is 1. The molecule has 0 aromatic carbocycles. The molecule has 0 spiro atoms. The number of hydrogen-bond acceptors (Lipinski definition) is 5. The van der Waals surface area contributed by atoms with Gasteiger partial charge in [-0.25, -0.2) is 4.79 Å². The fourth-order valence-corrected chi connectivity index (χ4v) is 2.30. The van der Waals surface area contributed by atoms with Crippen molar-refractivity contribution >= 4 is 29.1 Å².